The molecule has 3 rings (SSSR count). The van der Waals surface area contributed by atoms with E-state index in [2.05, 4.69) is 44.4 Å². The lowest BCUT2D eigenvalue weighted by Crippen LogP contribution is -2.20. The van der Waals surface area contributed by atoms with Crippen molar-refractivity contribution in [2.45, 2.75) is 12.5 Å². The Morgan fingerprint density at radius 1 is 1.29 bits per heavy atom. The first kappa shape index (κ1) is 14.2. The van der Waals surface area contributed by atoms with Crippen LogP contribution < -0.4 is 10.2 Å². The van der Waals surface area contributed by atoms with E-state index >= 15 is 0 Å². The number of hydrogen-bond donors (Lipinski definition) is 1. The van der Waals surface area contributed by atoms with E-state index in [1.54, 1.807) is 11.1 Å². The first-order valence-electron chi connectivity index (χ1n) is 6.77. The monoisotopic (exact) mass is 345 g/mol. The molecule has 108 valence electrons. The van der Waals surface area contributed by atoms with Gasteiger partial charge in [-0.15, -0.1) is 0 Å². The molecule has 2 heterocycles. The first-order valence-corrected chi connectivity index (χ1v) is 7.56. The second-order valence-electron chi connectivity index (χ2n) is 5.18. The molecule has 0 saturated carbocycles. The van der Waals surface area contributed by atoms with Crippen molar-refractivity contribution >= 4 is 27.5 Å². The molecule has 1 aromatic heterocycles. The van der Waals surface area contributed by atoms with Gasteiger partial charge in [0, 0.05) is 29.6 Å². The first-order chi connectivity index (χ1) is 10.1. The number of pyridine rings is 1. The number of nitrogens with one attached hydrogen (secondary N) is 1. The van der Waals surface area contributed by atoms with Crippen LogP contribution in [-0.2, 0) is 11.2 Å². The highest BCUT2D eigenvalue weighted by Crippen LogP contribution is 2.32. The standard InChI is InChI=1S/C16H16BrN3O/c1-18-16(12-6-13(17)9-19-8-12)10-3-4-14-11(5-10)7-15(21)20(14)2/h3-6,8-9,16,18H,7H2,1-2H3. The van der Waals surface area contributed by atoms with Crippen LogP contribution in [0.4, 0.5) is 5.69 Å². The van der Waals surface area contributed by atoms with Crippen LogP contribution in [0.3, 0.4) is 0 Å². The van der Waals surface area contributed by atoms with Crippen molar-refractivity contribution < 1.29 is 4.79 Å². The second-order valence-corrected chi connectivity index (χ2v) is 6.09. The molecule has 0 spiro atoms. The average Bonchev–Trinajstić information content (AvgIpc) is 2.75. The van der Waals surface area contributed by atoms with E-state index < -0.39 is 0 Å². The van der Waals surface area contributed by atoms with Crippen LogP contribution in [0, 0.1) is 0 Å². The topological polar surface area (TPSA) is 45.2 Å². The number of halogens is 1. The highest BCUT2D eigenvalue weighted by atomic mass is 79.9. The summed E-state index contributed by atoms with van der Waals surface area (Å²) in [4.78, 5) is 17.7. The molecule has 1 amide bonds. The van der Waals surface area contributed by atoms with Gasteiger partial charge in [-0.2, -0.15) is 0 Å². The number of aromatic nitrogens is 1. The molecule has 0 saturated heterocycles. The van der Waals surface area contributed by atoms with E-state index in [-0.39, 0.29) is 11.9 Å². The molecule has 0 fully saturated rings. The maximum atomic E-state index is 11.8. The van der Waals surface area contributed by atoms with Crippen LogP contribution in [0.25, 0.3) is 0 Å². The number of likely N-dealkylation sites (N-methyl/N-ethyl adjacent to an activating group) is 1. The lowest BCUT2D eigenvalue weighted by Gasteiger charge is -2.18. The quantitative estimate of drug-likeness (QED) is 0.930. The molecule has 2 aromatic rings. The van der Waals surface area contributed by atoms with Gasteiger partial charge < -0.3 is 10.2 Å². The number of carbonyl (C=O) groups is 1. The van der Waals surface area contributed by atoms with E-state index in [0.29, 0.717) is 6.42 Å². The van der Waals surface area contributed by atoms with Gasteiger partial charge in [-0.3, -0.25) is 9.78 Å². The zero-order chi connectivity index (χ0) is 15.0. The van der Waals surface area contributed by atoms with Gasteiger partial charge in [0.1, 0.15) is 0 Å². The molecule has 21 heavy (non-hydrogen) atoms. The van der Waals surface area contributed by atoms with Crippen molar-refractivity contribution in [1.82, 2.24) is 10.3 Å². The Kier molecular flexibility index (Phi) is 3.78. The fourth-order valence-electron chi connectivity index (χ4n) is 2.78. The van der Waals surface area contributed by atoms with Crippen molar-refractivity contribution in [3.63, 3.8) is 0 Å². The molecule has 1 aromatic carbocycles. The number of benzene rings is 1. The van der Waals surface area contributed by atoms with Gasteiger partial charge in [-0.05, 0) is 51.8 Å². The number of carbonyl (C=O) groups excluding carboxylic acids is 1. The molecule has 1 aliphatic rings. The zero-order valence-electron chi connectivity index (χ0n) is 11.9. The zero-order valence-corrected chi connectivity index (χ0v) is 13.5. The molecule has 0 aliphatic carbocycles. The smallest absolute Gasteiger partial charge is 0.231 e. The fraction of sp³-hybridized carbons (Fsp3) is 0.250. The van der Waals surface area contributed by atoms with Gasteiger partial charge >= 0.3 is 0 Å². The Bertz CT molecular complexity index is 702. The molecule has 0 bridgehead atoms. The van der Waals surface area contributed by atoms with Crippen LogP contribution in [0.15, 0.2) is 41.1 Å². The Balaban J connectivity index is 2.00. The van der Waals surface area contributed by atoms with Gasteiger partial charge in [0.05, 0.1) is 12.5 Å². The van der Waals surface area contributed by atoms with Crippen molar-refractivity contribution in [3.8, 4) is 0 Å². The number of nitrogens with zero attached hydrogens (tertiary/aromatic N) is 2. The summed E-state index contributed by atoms with van der Waals surface area (Å²) < 4.78 is 0.955. The van der Waals surface area contributed by atoms with Gasteiger partial charge in [0.15, 0.2) is 0 Å². The number of fused-ring (bicyclic) bond motifs is 1. The van der Waals surface area contributed by atoms with Crippen LogP contribution >= 0.6 is 15.9 Å². The van der Waals surface area contributed by atoms with E-state index in [1.165, 1.54) is 0 Å². The van der Waals surface area contributed by atoms with Crippen LogP contribution in [0.1, 0.15) is 22.7 Å². The normalized spacial score (nSPS) is 15.2. The lowest BCUT2D eigenvalue weighted by molar-refractivity contribution is -0.117. The molecule has 1 N–H and O–H groups in total. The predicted octanol–water partition coefficient (Wildman–Crippen LogP) is 2.67. The molecular formula is C16H16BrN3O. The van der Waals surface area contributed by atoms with E-state index in [9.17, 15) is 4.79 Å². The molecular weight excluding hydrogens is 330 g/mol. The summed E-state index contributed by atoms with van der Waals surface area (Å²) in [6, 6.07) is 8.31. The highest BCUT2D eigenvalue weighted by Gasteiger charge is 2.25. The summed E-state index contributed by atoms with van der Waals surface area (Å²) in [5, 5.41) is 3.32. The average molecular weight is 346 g/mol. The Morgan fingerprint density at radius 3 is 2.81 bits per heavy atom. The number of hydrogen-bond acceptors (Lipinski definition) is 3. The molecule has 5 heteroatoms. The van der Waals surface area contributed by atoms with Gasteiger partial charge in [0.25, 0.3) is 0 Å². The summed E-state index contributed by atoms with van der Waals surface area (Å²) >= 11 is 3.46. The fourth-order valence-corrected chi connectivity index (χ4v) is 3.16. The largest absolute Gasteiger partial charge is 0.315 e. The Morgan fingerprint density at radius 2 is 2.10 bits per heavy atom. The van der Waals surface area contributed by atoms with E-state index in [4.69, 9.17) is 0 Å². The molecule has 4 nitrogen and oxygen atoms in total. The van der Waals surface area contributed by atoms with Crippen molar-refractivity contribution in [3.05, 3.63) is 57.8 Å². The third-order valence-electron chi connectivity index (χ3n) is 3.86. The molecule has 1 aliphatic heterocycles. The maximum Gasteiger partial charge on any atom is 0.231 e. The van der Waals surface area contributed by atoms with Crippen LogP contribution in [-0.4, -0.2) is 25.0 Å². The summed E-state index contributed by atoms with van der Waals surface area (Å²) in [6.45, 7) is 0. The van der Waals surface area contributed by atoms with Gasteiger partial charge in [-0.25, -0.2) is 0 Å². The number of anilines is 1. The number of rotatable bonds is 3. The predicted molar refractivity (Wildman–Crippen MR) is 86.4 cm³/mol. The van der Waals surface area contributed by atoms with Crippen molar-refractivity contribution in [1.29, 1.82) is 0 Å². The molecule has 1 atom stereocenters. The third-order valence-corrected chi connectivity index (χ3v) is 4.30. The van der Waals surface area contributed by atoms with Crippen molar-refractivity contribution in [2.75, 3.05) is 19.0 Å². The minimum Gasteiger partial charge on any atom is -0.315 e. The number of amides is 1. The minimum atomic E-state index is 0.0568. The summed E-state index contributed by atoms with van der Waals surface area (Å²) in [7, 11) is 3.75. The van der Waals surface area contributed by atoms with Crippen LogP contribution in [0.5, 0.6) is 0 Å². The Labute approximate surface area is 132 Å². The second kappa shape index (κ2) is 5.58. The minimum absolute atomic E-state index is 0.0568. The summed E-state index contributed by atoms with van der Waals surface area (Å²) in [5.41, 5.74) is 4.32. The van der Waals surface area contributed by atoms with Gasteiger partial charge in [0.2, 0.25) is 5.91 Å². The highest BCUT2D eigenvalue weighted by molar-refractivity contribution is 9.10. The summed E-state index contributed by atoms with van der Waals surface area (Å²) in [6.07, 6.45) is 4.11. The van der Waals surface area contributed by atoms with Gasteiger partial charge in [-0.1, -0.05) is 12.1 Å². The van der Waals surface area contributed by atoms with E-state index in [0.717, 1.165) is 26.9 Å². The van der Waals surface area contributed by atoms with E-state index in [1.807, 2.05) is 26.4 Å². The lowest BCUT2D eigenvalue weighted by atomic mass is 9.97. The molecule has 1 unspecified atom stereocenters. The molecule has 0 radical (unpaired) electrons. The maximum absolute atomic E-state index is 11.8. The summed E-state index contributed by atoms with van der Waals surface area (Å²) in [5.74, 6) is 0.146. The van der Waals surface area contributed by atoms with Crippen LogP contribution in [0.2, 0.25) is 0 Å². The SMILES string of the molecule is CNC(c1cncc(Br)c1)c1ccc2c(c1)CC(=O)N2C. The third kappa shape index (κ3) is 2.59. The Hall–Kier alpha value is -1.72. The van der Waals surface area contributed by atoms with Crippen molar-refractivity contribution in [2.24, 2.45) is 0 Å².